The van der Waals surface area contributed by atoms with Gasteiger partial charge in [0.25, 0.3) is 0 Å². The molecule has 5 heteroatoms. The third kappa shape index (κ3) is 5.29. The summed E-state index contributed by atoms with van der Waals surface area (Å²) in [6.45, 7) is 5.79. The van der Waals surface area contributed by atoms with Crippen LogP contribution in [0.15, 0.2) is 0 Å². The number of hydrogen-bond donors (Lipinski definition) is 2. The Morgan fingerprint density at radius 3 is 2.21 bits per heavy atom. The Morgan fingerprint density at radius 1 is 1.43 bits per heavy atom. The lowest BCUT2D eigenvalue weighted by molar-refractivity contribution is -0.138. The predicted molar refractivity (Wildman–Crippen MR) is 51.3 cm³/mol. The minimum atomic E-state index is -1.08. The molecule has 0 aliphatic heterocycles. The number of rotatable bonds is 3. The molecule has 0 aliphatic carbocycles. The van der Waals surface area contributed by atoms with E-state index in [1.165, 1.54) is 0 Å². The molecular weight excluding hydrogens is 184 g/mol. The minimum absolute atomic E-state index is 0.101. The summed E-state index contributed by atoms with van der Waals surface area (Å²) in [4.78, 5) is 31.8. The number of amides is 2. The van der Waals surface area contributed by atoms with Gasteiger partial charge in [-0.2, -0.15) is 0 Å². The summed E-state index contributed by atoms with van der Waals surface area (Å²) in [5, 5.41) is 2.24. The molecule has 0 saturated heterocycles. The van der Waals surface area contributed by atoms with Crippen molar-refractivity contribution >= 4 is 18.1 Å². The molecule has 80 valence electrons. The summed E-state index contributed by atoms with van der Waals surface area (Å²) in [7, 11) is 0. The molecule has 0 bridgehead atoms. The number of carbonyl (C=O) groups excluding carboxylic acids is 3. The van der Waals surface area contributed by atoms with Gasteiger partial charge in [0.15, 0.2) is 0 Å². The fraction of sp³-hybridized carbons (Fsp3) is 0.667. The van der Waals surface area contributed by atoms with E-state index >= 15 is 0 Å². The van der Waals surface area contributed by atoms with Gasteiger partial charge in [0.05, 0.1) is 6.04 Å². The Balaban J connectivity index is 4.24. The van der Waals surface area contributed by atoms with E-state index in [2.05, 4.69) is 5.32 Å². The second-order valence-corrected chi connectivity index (χ2v) is 4.35. The molecule has 2 amide bonds. The normalized spacial score (nSPS) is 13.1. The van der Waals surface area contributed by atoms with Crippen LogP contribution in [0.3, 0.4) is 0 Å². The van der Waals surface area contributed by atoms with Gasteiger partial charge in [-0.15, -0.1) is 0 Å². The van der Waals surface area contributed by atoms with E-state index in [-0.39, 0.29) is 5.41 Å². The van der Waals surface area contributed by atoms with Gasteiger partial charge >= 0.3 is 11.8 Å². The summed E-state index contributed by atoms with van der Waals surface area (Å²) >= 11 is 0. The van der Waals surface area contributed by atoms with Crippen LogP contribution in [0.1, 0.15) is 27.2 Å². The minimum Gasteiger partial charge on any atom is -0.361 e. The first kappa shape index (κ1) is 12.6. The first-order valence-corrected chi connectivity index (χ1v) is 4.32. The molecule has 0 aromatic heterocycles. The molecule has 1 unspecified atom stereocenters. The highest BCUT2D eigenvalue weighted by Crippen LogP contribution is 2.19. The molecule has 0 spiro atoms. The van der Waals surface area contributed by atoms with Crippen molar-refractivity contribution in [1.82, 2.24) is 5.32 Å². The van der Waals surface area contributed by atoms with Crippen LogP contribution in [0.5, 0.6) is 0 Å². The Hall–Kier alpha value is -1.39. The van der Waals surface area contributed by atoms with Crippen molar-refractivity contribution in [2.24, 2.45) is 11.1 Å². The summed E-state index contributed by atoms with van der Waals surface area (Å²) in [6.07, 6.45) is 1.07. The van der Waals surface area contributed by atoms with Crippen LogP contribution >= 0.6 is 0 Å². The molecule has 0 heterocycles. The summed E-state index contributed by atoms with van der Waals surface area (Å²) in [6, 6.07) is -0.657. The number of nitrogens with two attached hydrogens (primary N) is 1. The van der Waals surface area contributed by atoms with E-state index in [4.69, 9.17) is 5.73 Å². The zero-order valence-corrected chi connectivity index (χ0v) is 8.66. The van der Waals surface area contributed by atoms with Crippen molar-refractivity contribution in [3.05, 3.63) is 0 Å². The van der Waals surface area contributed by atoms with Gasteiger partial charge in [0.2, 0.25) is 0 Å². The number of nitrogens with one attached hydrogen (secondary N) is 1. The number of hydrogen-bond acceptors (Lipinski definition) is 3. The highest BCUT2D eigenvalue weighted by molar-refractivity contribution is 6.34. The highest BCUT2D eigenvalue weighted by atomic mass is 16.2. The monoisotopic (exact) mass is 200 g/mol. The highest BCUT2D eigenvalue weighted by Gasteiger charge is 2.21. The second kappa shape index (κ2) is 4.74. The third-order valence-corrected chi connectivity index (χ3v) is 1.54. The van der Waals surface area contributed by atoms with Crippen LogP contribution < -0.4 is 11.1 Å². The lowest BCUT2D eigenvalue weighted by Crippen LogP contribution is -2.44. The Labute approximate surface area is 83.0 Å². The molecule has 0 fully saturated rings. The summed E-state index contributed by atoms with van der Waals surface area (Å²) in [5.74, 6) is -2.00. The van der Waals surface area contributed by atoms with Gasteiger partial charge in [0, 0.05) is 0 Å². The van der Waals surface area contributed by atoms with Crippen LogP contribution in [0.2, 0.25) is 0 Å². The predicted octanol–water partition coefficient (Wildman–Crippen LogP) is -0.408. The molecule has 0 aromatic carbocycles. The fourth-order valence-corrected chi connectivity index (χ4v) is 1.03. The third-order valence-electron chi connectivity index (χ3n) is 1.54. The van der Waals surface area contributed by atoms with Gasteiger partial charge in [-0.25, -0.2) is 0 Å². The molecule has 0 aliphatic rings. The molecule has 14 heavy (non-hydrogen) atoms. The molecule has 3 N–H and O–H groups in total. The molecule has 1 atom stereocenters. The van der Waals surface area contributed by atoms with Crippen molar-refractivity contribution < 1.29 is 14.4 Å². The Bertz CT molecular complexity index is 243. The second-order valence-electron chi connectivity index (χ2n) is 4.35. The van der Waals surface area contributed by atoms with Gasteiger partial charge in [0.1, 0.15) is 6.29 Å². The standard InChI is InChI=1S/C9H16N2O3/c1-9(2,3)4-6(5-12)11-8(14)7(10)13/h5-6H,4H2,1-3H3,(H2,10,13)(H,11,14). The van der Waals surface area contributed by atoms with E-state index in [9.17, 15) is 14.4 Å². The van der Waals surface area contributed by atoms with Crippen LogP contribution in [0.25, 0.3) is 0 Å². The van der Waals surface area contributed by atoms with Crippen molar-refractivity contribution in [3.8, 4) is 0 Å². The number of carbonyl (C=O) groups is 3. The van der Waals surface area contributed by atoms with Crippen LogP contribution in [0.4, 0.5) is 0 Å². The van der Waals surface area contributed by atoms with Crippen molar-refractivity contribution in [1.29, 1.82) is 0 Å². The first-order valence-electron chi connectivity index (χ1n) is 4.32. The Morgan fingerprint density at radius 2 is 1.93 bits per heavy atom. The van der Waals surface area contributed by atoms with Gasteiger partial charge < -0.3 is 15.8 Å². The van der Waals surface area contributed by atoms with E-state index in [1.54, 1.807) is 0 Å². The molecule has 0 rings (SSSR count). The lowest BCUT2D eigenvalue weighted by atomic mass is 9.88. The quantitative estimate of drug-likeness (QED) is 0.479. The first-order chi connectivity index (χ1) is 6.26. The van der Waals surface area contributed by atoms with Gasteiger partial charge in [-0.1, -0.05) is 20.8 Å². The zero-order valence-electron chi connectivity index (χ0n) is 8.66. The molecule has 5 nitrogen and oxygen atoms in total. The van der Waals surface area contributed by atoms with Crippen LogP contribution in [-0.4, -0.2) is 24.1 Å². The van der Waals surface area contributed by atoms with Crippen molar-refractivity contribution in [2.75, 3.05) is 0 Å². The molecule has 0 aromatic rings. The Kier molecular flexibility index (Phi) is 4.27. The van der Waals surface area contributed by atoms with E-state index in [0.29, 0.717) is 12.7 Å². The molecule has 0 radical (unpaired) electrons. The van der Waals surface area contributed by atoms with E-state index in [0.717, 1.165) is 0 Å². The maximum Gasteiger partial charge on any atom is 0.309 e. The summed E-state index contributed by atoms with van der Waals surface area (Å²) in [5.41, 5.74) is 4.64. The van der Waals surface area contributed by atoms with Gasteiger partial charge in [-0.3, -0.25) is 9.59 Å². The number of primary amides is 1. The van der Waals surface area contributed by atoms with E-state index in [1.807, 2.05) is 20.8 Å². The molecule has 0 saturated carbocycles. The molecular formula is C9H16N2O3. The van der Waals surface area contributed by atoms with Crippen LogP contribution in [-0.2, 0) is 14.4 Å². The zero-order chi connectivity index (χ0) is 11.4. The maximum absolute atomic E-state index is 10.9. The lowest BCUT2D eigenvalue weighted by Gasteiger charge is -2.22. The maximum atomic E-state index is 10.9. The van der Waals surface area contributed by atoms with Crippen molar-refractivity contribution in [3.63, 3.8) is 0 Å². The van der Waals surface area contributed by atoms with Gasteiger partial charge in [-0.05, 0) is 11.8 Å². The van der Waals surface area contributed by atoms with Crippen molar-refractivity contribution in [2.45, 2.75) is 33.2 Å². The SMILES string of the molecule is CC(C)(C)CC(C=O)NC(=O)C(N)=O. The average molecular weight is 200 g/mol. The largest absolute Gasteiger partial charge is 0.361 e. The topological polar surface area (TPSA) is 89.3 Å². The van der Waals surface area contributed by atoms with Crippen LogP contribution in [0, 0.1) is 5.41 Å². The van der Waals surface area contributed by atoms with E-state index < -0.39 is 17.9 Å². The average Bonchev–Trinajstić information content (AvgIpc) is 2.00. The summed E-state index contributed by atoms with van der Waals surface area (Å²) < 4.78 is 0. The number of aldehydes is 1. The fourth-order valence-electron chi connectivity index (χ4n) is 1.03. The smallest absolute Gasteiger partial charge is 0.309 e.